The van der Waals surface area contributed by atoms with Crippen molar-refractivity contribution in [2.24, 2.45) is 0 Å². The van der Waals surface area contributed by atoms with E-state index in [9.17, 15) is 9.59 Å². The fourth-order valence-electron chi connectivity index (χ4n) is 0.972. The van der Waals surface area contributed by atoms with Gasteiger partial charge in [-0.15, -0.1) is 23.2 Å². The summed E-state index contributed by atoms with van der Waals surface area (Å²) in [6.45, 7) is 0. The number of carbonyl (C=O) groups excluding carboxylic acids is 2. The summed E-state index contributed by atoms with van der Waals surface area (Å²) < 4.78 is 0. The van der Waals surface area contributed by atoms with Crippen molar-refractivity contribution in [3.05, 3.63) is 0 Å². The van der Waals surface area contributed by atoms with Gasteiger partial charge in [0.25, 0.3) is 5.91 Å². The van der Waals surface area contributed by atoms with E-state index in [1.54, 1.807) is 0 Å². The first kappa shape index (κ1) is 9.61. The van der Waals surface area contributed by atoms with E-state index in [4.69, 9.17) is 23.2 Å². The molecule has 1 saturated heterocycles. The van der Waals surface area contributed by atoms with Gasteiger partial charge < -0.3 is 5.32 Å². The van der Waals surface area contributed by atoms with Crippen molar-refractivity contribution < 1.29 is 9.59 Å². The van der Waals surface area contributed by atoms with Gasteiger partial charge in [-0.05, 0) is 0 Å². The highest BCUT2D eigenvalue weighted by Crippen LogP contribution is 2.19. The van der Waals surface area contributed by atoms with Crippen LogP contribution in [0.2, 0.25) is 0 Å². The van der Waals surface area contributed by atoms with Crippen LogP contribution in [0.15, 0.2) is 0 Å². The van der Waals surface area contributed by atoms with E-state index in [2.05, 4.69) is 5.32 Å². The van der Waals surface area contributed by atoms with Crippen LogP contribution in [0.5, 0.6) is 0 Å². The van der Waals surface area contributed by atoms with Gasteiger partial charge in [0, 0.05) is 7.05 Å². The average Bonchev–Trinajstić information content (AvgIpc) is 2.30. The summed E-state index contributed by atoms with van der Waals surface area (Å²) in [6.07, 6.45) is 0. The lowest BCUT2D eigenvalue weighted by atomic mass is 10.1. The Kier molecular flexibility index (Phi) is 2.49. The summed E-state index contributed by atoms with van der Waals surface area (Å²) >= 11 is 11.1. The second-order valence-electron chi connectivity index (χ2n) is 2.64. The van der Waals surface area contributed by atoms with Crippen molar-refractivity contribution in [1.82, 2.24) is 10.2 Å². The number of rotatable bonds is 2. The number of hydrogen-bond acceptors (Lipinski definition) is 2. The minimum absolute atomic E-state index is 0.00852. The number of nitrogens with one attached hydrogen (secondary N) is 1. The molecular weight excluding hydrogens is 203 g/mol. The van der Waals surface area contributed by atoms with E-state index in [0.717, 1.165) is 4.90 Å². The molecule has 0 spiro atoms. The maximum Gasteiger partial charge on any atom is 0.324 e. The van der Waals surface area contributed by atoms with E-state index < -0.39 is 11.6 Å². The molecule has 1 fully saturated rings. The molecule has 1 aliphatic rings. The average molecular weight is 211 g/mol. The minimum Gasteiger partial charge on any atom is -0.321 e. The monoisotopic (exact) mass is 210 g/mol. The molecule has 0 unspecified atom stereocenters. The highest BCUT2D eigenvalue weighted by atomic mass is 35.5. The lowest BCUT2D eigenvalue weighted by molar-refractivity contribution is -0.129. The van der Waals surface area contributed by atoms with E-state index in [1.807, 2.05) is 0 Å². The molecule has 1 heterocycles. The Labute approximate surface area is 79.8 Å². The van der Waals surface area contributed by atoms with E-state index in [0.29, 0.717) is 0 Å². The van der Waals surface area contributed by atoms with Crippen LogP contribution in [0.4, 0.5) is 4.79 Å². The molecule has 1 aliphatic heterocycles. The number of imide groups is 1. The largest absolute Gasteiger partial charge is 0.324 e. The number of alkyl halides is 2. The predicted molar refractivity (Wildman–Crippen MR) is 45.5 cm³/mol. The van der Waals surface area contributed by atoms with Crippen molar-refractivity contribution in [1.29, 1.82) is 0 Å². The lowest BCUT2D eigenvalue weighted by Crippen LogP contribution is -2.50. The first-order chi connectivity index (χ1) is 5.57. The zero-order valence-corrected chi connectivity index (χ0v) is 7.95. The summed E-state index contributed by atoms with van der Waals surface area (Å²) in [5.74, 6) is -0.394. The summed E-state index contributed by atoms with van der Waals surface area (Å²) in [7, 11) is 1.39. The third kappa shape index (κ3) is 1.15. The van der Waals surface area contributed by atoms with Crippen LogP contribution >= 0.6 is 23.2 Å². The molecule has 3 amide bonds. The molecule has 68 valence electrons. The molecule has 1 rings (SSSR count). The van der Waals surface area contributed by atoms with Crippen LogP contribution in [0.25, 0.3) is 0 Å². The Morgan fingerprint density at radius 3 is 2.08 bits per heavy atom. The van der Waals surface area contributed by atoms with Crippen molar-refractivity contribution in [2.45, 2.75) is 5.54 Å². The Balaban J connectivity index is 2.95. The minimum atomic E-state index is -1.10. The van der Waals surface area contributed by atoms with Crippen molar-refractivity contribution >= 4 is 35.1 Å². The fraction of sp³-hybridized carbons (Fsp3) is 0.667. The molecule has 0 radical (unpaired) electrons. The Morgan fingerprint density at radius 2 is 1.92 bits per heavy atom. The molecule has 12 heavy (non-hydrogen) atoms. The van der Waals surface area contributed by atoms with Crippen molar-refractivity contribution in [3.8, 4) is 0 Å². The highest BCUT2D eigenvalue weighted by molar-refractivity contribution is 6.27. The van der Waals surface area contributed by atoms with Crippen LogP contribution in [0.3, 0.4) is 0 Å². The van der Waals surface area contributed by atoms with Crippen molar-refractivity contribution in [3.63, 3.8) is 0 Å². The molecule has 0 aromatic rings. The number of likely N-dealkylation sites (N-methyl/N-ethyl adjacent to an activating group) is 1. The van der Waals surface area contributed by atoms with Crippen LogP contribution in [-0.4, -0.2) is 41.2 Å². The van der Waals surface area contributed by atoms with Crippen LogP contribution < -0.4 is 5.32 Å². The highest BCUT2D eigenvalue weighted by Gasteiger charge is 2.48. The first-order valence-electron chi connectivity index (χ1n) is 3.29. The molecule has 6 heteroatoms. The van der Waals surface area contributed by atoms with Gasteiger partial charge in [-0.1, -0.05) is 0 Å². The summed E-state index contributed by atoms with van der Waals surface area (Å²) in [6, 6.07) is -0.457. The van der Waals surface area contributed by atoms with Crippen LogP contribution in [0, 0.1) is 0 Å². The summed E-state index contributed by atoms with van der Waals surface area (Å²) in [5, 5.41) is 2.44. The maximum absolute atomic E-state index is 11.4. The Bertz CT molecular complexity index is 228. The summed E-state index contributed by atoms with van der Waals surface area (Å²) in [4.78, 5) is 23.3. The standard InChI is InChI=1S/C6H8Cl2N2O2/c1-10-4(11)6(2-7,3-8)9-5(10)12/h2-3H2,1H3,(H,9,12). The molecule has 0 aromatic heterocycles. The third-order valence-corrected chi connectivity index (χ3v) is 2.73. The molecular formula is C6H8Cl2N2O2. The molecule has 0 saturated carbocycles. The number of urea groups is 1. The first-order valence-corrected chi connectivity index (χ1v) is 4.36. The Morgan fingerprint density at radius 1 is 1.42 bits per heavy atom. The van der Waals surface area contributed by atoms with Gasteiger partial charge in [0.15, 0.2) is 0 Å². The molecule has 4 nitrogen and oxygen atoms in total. The predicted octanol–water partition coefficient (Wildman–Crippen LogP) is 0.384. The van der Waals surface area contributed by atoms with Crippen LogP contribution in [-0.2, 0) is 4.79 Å². The second kappa shape index (κ2) is 3.11. The second-order valence-corrected chi connectivity index (χ2v) is 3.18. The van der Waals surface area contributed by atoms with Crippen LogP contribution in [0.1, 0.15) is 0 Å². The topological polar surface area (TPSA) is 49.4 Å². The molecule has 0 bridgehead atoms. The number of amides is 3. The maximum atomic E-state index is 11.4. The zero-order chi connectivity index (χ0) is 9.35. The van der Waals surface area contributed by atoms with Gasteiger partial charge >= 0.3 is 6.03 Å². The normalized spacial score (nSPS) is 21.4. The molecule has 0 atom stereocenters. The number of halogens is 2. The lowest BCUT2D eigenvalue weighted by Gasteiger charge is -2.19. The van der Waals surface area contributed by atoms with Crippen molar-refractivity contribution in [2.75, 3.05) is 18.8 Å². The third-order valence-electron chi connectivity index (χ3n) is 1.82. The number of nitrogens with zero attached hydrogens (tertiary/aromatic N) is 1. The zero-order valence-electron chi connectivity index (χ0n) is 6.43. The Hall–Kier alpha value is -0.480. The van der Waals surface area contributed by atoms with Gasteiger partial charge in [0.1, 0.15) is 5.54 Å². The quantitative estimate of drug-likeness (QED) is 0.530. The molecule has 0 aromatic carbocycles. The summed E-state index contributed by atoms with van der Waals surface area (Å²) in [5.41, 5.74) is -1.10. The molecule has 0 aliphatic carbocycles. The van der Waals surface area contributed by atoms with E-state index >= 15 is 0 Å². The fourth-order valence-corrected chi connectivity index (χ4v) is 1.62. The number of hydrogen-bond donors (Lipinski definition) is 1. The van der Waals surface area contributed by atoms with Gasteiger partial charge in [0.05, 0.1) is 11.8 Å². The SMILES string of the molecule is CN1C(=O)NC(CCl)(CCl)C1=O. The van der Waals surface area contributed by atoms with Gasteiger partial charge in [-0.25, -0.2) is 4.79 Å². The number of carbonyl (C=O) groups is 2. The van der Waals surface area contributed by atoms with E-state index in [-0.39, 0.29) is 17.7 Å². The molecule has 1 N–H and O–H groups in total. The smallest absolute Gasteiger partial charge is 0.321 e. The van der Waals surface area contributed by atoms with Gasteiger partial charge in [0.2, 0.25) is 0 Å². The van der Waals surface area contributed by atoms with Gasteiger partial charge in [-0.3, -0.25) is 9.69 Å². The van der Waals surface area contributed by atoms with E-state index in [1.165, 1.54) is 7.05 Å². The van der Waals surface area contributed by atoms with Gasteiger partial charge in [-0.2, -0.15) is 0 Å².